The fraction of sp³-hybridized carbons (Fsp3) is 0.818. The first-order valence-corrected chi connectivity index (χ1v) is 5.63. The van der Waals surface area contributed by atoms with Gasteiger partial charge in [-0.05, 0) is 26.7 Å². The van der Waals surface area contributed by atoms with Gasteiger partial charge >= 0.3 is 0 Å². The van der Waals surface area contributed by atoms with Crippen molar-refractivity contribution in [2.24, 2.45) is 0 Å². The van der Waals surface area contributed by atoms with Crippen molar-refractivity contribution in [3.05, 3.63) is 12.2 Å². The third kappa shape index (κ3) is 2.78. The van der Waals surface area contributed by atoms with Gasteiger partial charge in [0.1, 0.15) is 12.2 Å². The Morgan fingerprint density at radius 2 is 2.00 bits per heavy atom. The molecule has 1 heterocycles. The van der Waals surface area contributed by atoms with E-state index in [1.165, 1.54) is 0 Å². The Morgan fingerprint density at radius 1 is 1.40 bits per heavy atom. The van der Waals surface area contributed by atoms with Crippen LogP contribution in [0.4, 0.5) is 0 Å². The number of nitrogens with zero attached hydrogens (tertiary/aromatic N) is 3. The van der Waals surface area contributed by atoms with Crippen LogP contribution in [0.2, 0.25) is 0 Å². The average Bonchev–Trinajstić information content (AvgIpc) is 2.65. The molecule has 0 atom stereocenters. The summed E-state index contributed by atoms with van der Waals surface area (Å²) in [7, 11) is 0. The molecule has 0 amide bonds. The van der Waals surface area contributed by atoms with Gasteiger partial charge in [0, 0.05) is 12.5 Å². The van der Waals surface area contributed by atoms with Crippen molar-refractivity contribution in [3.63, 3.8) is 0 Å². The van der Waals surface area contributed by atoms with Gasteiger partial charge in [0.15, 0.2) is 0 Å². The molecule has 86 valence electrons. The normalized spacial score (nSPS) is 12.4. The largest absolute Gasteiger partial charge is 0.389 e. The van der Waals surface area contributed by atoms with Crippen molar-refractivity contribution in [1.82, 2.24) is 14.8 Å². The van der Waals surface area contributed by atoms with Crippen LogP contribution in [0.1, 0.15) is 52.4 Å². The minimum Gasteiger partial charge on any atom is -0.389 e. The van der Waals surface area contributed by atoms with Crippen LogP contribution in [0.25, 0.3) is 0 Å². The highest BCUT2D eigenvalue weighted by Gasteiger charge is 2.25. The molecule has 0 radical (unpaired) electrons. The molecule has 15 heavy (non-hydrogen) atoms. The van der Waals surface area contributed by atoms with E-state index in [0.29, 0.717) is 12.5 Å². The van der Waals surface area contributed by atoms with E-state index in [2.05, 4.69) is 23.9 Å². The maximum Gasteiger partial charge on any atom is 0.138 e. The van der Waals surface area contributed by atoms with Crippen LogP contribution in [-0.2, 0) is 6.42 Å². The lowest BCUT2D eigenvalue weighted by Crippen LogP contribution is -2.31. The van der Waals surface area contributed by atoms with Crippen LogP contribution in [-0.4, -0.2) is 25.5 Å². The molecule has 0 aromatic carbocycles. The zero-order chi connectivity index (χ0) is 11.5. The SMILES string of the molecule is CCC(O)(CC)Cc1ncnn1C(C)C. The van der Waals surface area contributed by atoms with Gasteiger partial charge in [0.25, 0.3) is 0 Å². The summed E-state index contributed by atoms with van der Waals surface area (Å²) in [5.41, 5.74) is -0.639. The highest BCUT2D eigenvalue weighted by molar-refractivity contribution is 4.94. The number of aliphatic hydroxyl groups is 1. The lowest BCUT2D eigenvalue weighted by atomic mass is 9.93. The summed E-state index contributed by atoms with van der Waals surface area (Å²) < 4.78 is 1.87. The molecule has 0 saturated heterocycles. The van der Waals surface area contributed by atoms with Gasteiger partial charge in [-0.25, -0.2) is 9.67 Å². The fourth-order valence-electron chi connectivity index (χ4n) is 1.63. The van der Waals surface area contributed by atoms with E-state index in [9.17, 15) is 5.11 Å². The summed E-state index contributed by atoms with van der Waals surface area (Å²) in [6, 6.07) is 0.292. The van der Waals surface area contributed by atoms with E-state index in [4.69, 9.17) is 0 Å². The second kappa shape index (κ2) is 4.75. The summed E-state index contributed by atoms with van der Waals surface area (Å²) in [6.45, 7) is 8.13. The number of aromatic nitrogens is 3. The molecular formula is C11H21N3O. The lowest BCUT2D eigenvalue weighted by Gasteiger charge is -2.25. The van der Waals surface area contributed by atoms with E-state index in [1.54, 1.807) is 6.33 Å². The maximum absolute atomic E-state index is 10.2. The van der Waals surface area contributed by atoms with Crippen molar-refractivity contribution in [3.8, 4) is 0 Å². The van der Waals surface area contributed by atoms with Crippen molar-refractivity contribution < 1.29 is 5.11 Å². The molecule has 0 bridgehead atoms. The second-order valence-electron chi connectivity index (χ2n) is 4.32. The minimum atomic E-state index is -0.639. The number of rotatable bonds is 5. The molecule has 0 unspecified atom stereocenters. The van der Waals surface area contributed by atoms with E-state index in [0.717, 1.165) is 18.7 Å². The zero-order valence-corrected chi connectivity index (χ0v) is 10.1. The molecule has 0 saturated carbocycles. The third-order valence-electron chi connectivity index (χ3n) is 2.94. The lowest BCUT2D eigenvalue weighted by molar-refractivity contribution is 0.0294. The van der Waals surface area contributed by atoms with Crippen molar-refractivity contribution in [2.45, 2.75) is 58.6 Å². The molecule has 1 aromatic heterocycles. The average molecular weight is 211 g/mol. The predicted octanol–water partition coefficient (Wildman–Crippen LogP) is 1.95. The van der Waals surface area contributed by atoms with Gasteiger partial charge in [-0.15, -0.1) is 0 Å². The van der Waals surface area contributed by atoms with Crippen LogP contribution < -0.4 is 0 Å². The highest BCUT2D eigenvalue weighted by atomic mass is 16.3. The maximum atomic E-state index is 10.2. The van der Waals surface area contributed by atoms with Crippen molar-refractivity contribution in [2.75, 3.05) is 0 Å². The highest BCUT2D eigenvalue weighted by Crippen LogP contribution is 2.20. The molecule has 1 aromatic rings. The molecule has 0 fully saturated rings. The first kappa shape index (κ1) is 12.2. The third-order valence-corrected chi connectivity index (χ3v) is 2.94. The Morgan fingerprint density at radius 3 is 2.47 bits per heavy atom. The van der Waals surface area contributed by atoms with Crippen LogP contribution in [0.3, 0.4) is 0 Å². The Hall–Kier alpha value is -0.900. The second-order valence-corrected chi connectivity index (χ2v) is 4.32. The molecule has 0 aliphatic carbocycles. The Labute approximate surface area is 91.3 Å². The Kier molecular flexibility index (Phi) is 3.85. The number of hydrogen-bond donors (Lipinski definition) is 1. The molecule has 1 rings (SSSR count). The molecule has 0 aliphatic heterocycles. The molecule has 0 aliphatic rings. The summed E-state index contributed by atoms with van der Waals surface area (Å²) >= 11 is 0. The quantitative estimate of drug-likeness (QED) is 0.810. The van der Waals surface area contributed by atoms with Gasteiger partial charge < -0.3 is 5.11 Å². The summed E-state index contributed by atoms with van der Waals surface area (Å²) in [5, 5.41) is 14.4. The van der Waals surface area contributed by atoms with Crippen LogP contribution in [0, 0.1) is 0 Å². The first-order valence-electron chi connectivity index (χ1n) is 5.63. The van der Waals surface area contributed by atoms with Gasteiger partial charge in [0.2, 0.25) is 0 Å². The van der Waals surface area contributed by atoms with Gasteiger partial charge in [-0.2, -0.15) is 5.10 Å². The minimum absolute atomic E-state index is 0.292. The van der Waals surface area contributed by atoms with Crippen molar-refractivity contribution in [1.29, 1.82) is 0 Å². The standard InChI is InChI=1S/C11H21N3O/c1-5-11(15,6-2)7-10-12-8-13-14(10)9(3)4/h8-9,15H,5-7H2,1-4H3. The summed E-state index contributed by atoms with van der Waals surface area (Å²) in [5.74, 6) is 0.871. The van der Waals surface area contributed by atoms with Crippen LogP contribution in [0.5, 0.6) is 0 Å². The summed E-state index contributed by atoms with van der Waals surface area (Å²) in [6.07, 6.45) is 3.63. The van der Waals surface area contributed by atoms with E-state index >= 15 is 0 Å². The van der Waals surface area contributed by atoms with Crippen LogP contribution >= 0.6 is 0 Å². The first-order chi connectivity index (χ1) is 7.02. The monoisotopic (exact) mass is 211 g/mol. The zero-order valence-electron chi connectivity index (χ0n) is 10.1. The topological polar surface area (TPSA) is 50.9 Å². The van der Waals surface area contributed by atoms with E-state index < -0.39 is 5.60 Å². The molecule has 0 spiro atoms. The molecule has 4 nitrogen and oxygen atoms in total. The molecule has 4 heteroatoms. The van der Waals surface area contributed by atoms with Gasteiger partial charge in [0.05, 0.1) is 5.60 Å². The van der Waals surface area contributed by atoms with Gasteiger partial charge in [-0.1, -0.05) is 13.8 Å². The summed E-state index contributed by atoms with van der Waals surface area (Å²) in [4.78, 5) is 4.21. The van der Waals surface area contributed by atoms with E-state index in [1.807, 2.05) is 18.5 Å². The Bertz CT molecular complexity index is 303. The van der Waals surface area contributed by atoms with Gasteiger partial charge in [-0.3, -0.25) is 0 Å². The van der Waals surface area contributed by atoms with Crippen LogP contribution in [0.15, 0.2) is 6.33 Å². The van der Waals surface area contributed by atoms with E-state index in [-0.39, 0.29) is 0 Å². The smallest absolute Gasteiger partial charge is 0.138 e. The molecular weight excluding hydrogens is 190 g/mol. The van der Waals surface area contributed by atoms with Crippen molar-refractivity contribution >= 4 is 0 Å². The predicted molar refractivity (Wildman–Crippen MR) is 59.6 cm³/mol. The number of hydrogen-bond acceptors (Lipinski definition) is 3. The Balaban J connectivity index is 2.84. The fourth-order valence-corrected chi connectivity index (χ4v) is 1.63. The molecule has 1 N–H and O–H groups in total.